The average molecular weight is 347 g/mol. The molecule has 0 spiro atoms. The lowest BCUT2D eigenvalue weighted by Gasteiger charge is -2.33. The first-order valence-electron chi connectivity index (χ1n) is 9.67. The molecule has 6 nitrogen and oxygen atoms in total. The van der Waals surface area contributed by atoms with Crippen LogP contribution in [0.2, 0.25) is 0 Å². The minimum Gasteiger partial charge on any atom is -0.364 e. The van der Waals surface area contributed by atoms with Gasteiger partial charge in [-0.15, -0.1) is 0 Å². The number of aromatic nitrogens is 1. The van der Waals surface area contributed by atoms with Gasteiger partial charge in [-0.3, -0.25) is 9.69 Å². The van der Waals surface area contributed by atoms with E-state index in [4.69, 9.17) is 9.26 Å². The number of ether oxygens (including phenoxy) is 1. The Balaban J connectivity index is 1.31. The van der Waals surface area contributed by atoms with Gasteiger partial charge in [0.15, 0.2) is 0 Å². The molecule has 3 aliphatic rings. The monoisotopic (exact) mass is 347 g/mol. The molecule has 1 amide bonds. The number of likely N-dealkylation sites (tertiary alicyclic amines) is 2. The van der Waals surface area contributed by atoms with Crippen LogP contribution in [0, 0.1) is 18.8 Å². The van der Waals surface area contributed by atoms with Gasteiger partial charge in [-0.2, -0.15) is 0 Å². The number of rotatable bonds is 3. The van der Waals surface area contributed by atoms with E-state index in [9.17, 15) is 4.79 Å². The summed E-state index contributed by atoms with van der Waals surface area (Å²) in [6.45, 7) is 8.70. The number of fused-ring (bicyclic) bond motifs is 1. The highest BCUT2D eigenvalue weighted by atomic mass is 16.5. The second-order valence-electron chi connectivity index (χ2n) is 8.12. The van der Waals surface area contributed by atoms with E-state index in [1.807, 2.05) is 17.9 Å². The molecule has 0 saturated carbocycles. The van der Waals surface area contributed by atoms with Crippen LogP contribution in [0.4, 0.5) is 0 Å². The van der Waals surface area contributed by atoms with E-state index in [0.29, 0.717) is 5.92 Å². The Morgan fingerprint density at radius 3 is 2.80 bits per heavy atom. The van der Waals surface area contributed by atoms with E-state index in [0.717, 1.165) is 75.8 Å². The molecular formula is C19H29N3O3. The molecular weight excluding hydrogens is 318 g/mol. The van der Waals surface area contributed by atoms with Gasteiger partial charge in [-0.25, -0.2) is 0 Å². The summed E-state index contributed by atoms with van der Waals surface area (Å²) in [5.41, 5.74) is 0.976. The van der Waals surface area contributed by atoms with Crippen LogP contribution in [0.25, 0.3) is 0 Å². The SMILES string of the molecule is Cc1cc(CN2CC[C@H]3C[C@H](C(=O)N4CCC(C)CC4)O[C@@H]3C2)no1. The van der Waals surface area contributed by atoms with Gasteiger partial charge in [-0.1, -0.05) is 12.1 Å². The van der Waals surface area contributed by atoms with Crippen molar-refractivity contribution in [3.8, 4) is 0 Å². The fraction of sp³-hybridized carbons (Fsp3) is 0.789. The minimum atomic E-state index is -0.224. The summed E-state index contributed by atoms with van der Waals surface area (Å²) in [6.07, 6.45) is 4.19. The minimum absolute atomic E-state index is 0.180. The zero-order valence-electron chi connectivity index (χ0n) is 15.3. The van der Waals surface area contributed by atoms with Crippen molar-refractivity contribution < 1.29 is 14.1 Å². The quantitative estimate of drug-likeness (QED) is 0.839. The molecule has 3 fully saturated rings. The van der Waals surface area contributed by atoms with Gasteiger partial charge in [0.1, 0.15) is 11.9 Å². The van der Waals surface area contributed by atoms with Crippen LogP contribution >= 0.6 is 0 Å². The van der Waals surface area contributed by atoms with Crippen molar-refractivity contribution in [2.45, 2.75) is 58.3 Å². The van der Waals surface area contributed by atoms with E-state index < -0.39 is 0 Å². The van der Waals surface area contributed by atoms with Crippen LogP contribution in [0.1, 0.15) is 44.1 Å². The van der Waals surface area contributed by atoms with Crippen molar-refractivity contribution in [3.63, 3.8) is 0 Å². The standard InChI is InChI=1S/C19H29N3O3/c1-13-3-7-22(8-4-13)19(23)17-10-15-5-6-21(12-18(15)24-17)11-16-9-14(2)25-20-16/h9,13,15,17-18H,3-8,10-12H2,1-2H3/t15-,17+,18+/m0/s1. The summed E-state index contributed by atoms with van der Waals surface area (Å²) >= 11 is 0. The summed E-state index contributed by atoms with van der Waals surface area (Å²) in [4.78, 5) is 17.2. The molecule has 1 aromatic heterocycles. The molecule has 0 aromatic carbocycles. The third-order valence-corrected chi connectivity index (χ3v) is 6.07. The Morgan fingerprint density at radius 2 is 2.08 bits per heavy atom. The number of carbonyl (C=O) groups is 1. The van der Waals surface area contributed by atoms with E-state index in [2.05, 4.69) is 17.0 Å². The largest absolute Gasteiger partial charge is 0.364 e. The van der Waals surface area contributed by atoms with E-state index in [-0.39, 0.29) is 18.1 Å². The highest BCUT2D eigenvalue weighted by molar-refractivity contribution is 5.81. The van der Waals surface area contributed by atoms with Crippen molar-refractivity contribution in [2.24, 2.45) is 11.8 Å². The topological polar surface area (TPSA) is 58.8 Å². The van der Waals surface area contributed by atoms with Crippen molar-refractivity contribution in [3.05, 3.63) is 17.5 Å². The Labute approximate surface area is 149 Å². The van der Waals surface area contributed by atoms with E-state index >= 15 is 0 Å². The van der Waals surface area contributed by atoms with Gasteiger partial charge < -0.3 is 14.2 Å². The number of hydrogen-bond donors (Lipinski definition) is 0. The third-order valence-electron chi connectivity index (χ3n) is 6.07. The molecule has 1 aromatic rings. The Kier molecular flexibility index (Phi) is 4.82. The van der Waals surface area contributed by atoms with Crippen LogP contribution in [-0.4, -0.2) is 59.3 Å². The van der Waals surface area contributed by atoms with Crippen LogP contribution in [0.15, 0.2) is 10.6 Å². The lowest BCUT2D eigenvalue weighted by Crippen LogP contribution is -2.44. The van der Waals surface area contributed by atoms with Gasteiger partial charge >= 0.3 is 0 Å². The van der Waals surface area contributed by atoms with Crippen molar-refractivity contribution >= 4 is 5.91 Å². The second kappa shape index (κ2) is 7.08. The number of carbonyl (C=O) groups excluding carboxylic acids is 1. The average Bonchev–Trinajstić information content (AvgIpc) is 3.20. The van der Waals surface area contributed by atoms with Crippen molar-refractivity contribution in [1.82, 2.24) is 15.0 Å². The molecule has 3 aliphatic heterocycles. The fourth-order valence-electron chi connectivity index (χ4n) is 4.45. The predicted octanol–water partition coefficient (Wildman–Crippen LogP) is 2.22. The number of hydrogen-bond acceptors (Lipinski definition) is 5. The van der Waals surface area contributed by atoms with E-state index in [1.165, 1.54) is 0 Å². The van der Waals surface area contributed by atoms with Crippen LogP contribution in [0.3, 0.4) is 0 Å². The van der Waals surface area contributed by atoms with Crippen LogP contribution in [-0.2, 0) is 16.1 Å². The summed E-state index contributed by atoms with van der Waals surface area (Å²) < 4.78 is 11.4. The van der Waals surface area contributed by atoms with Gasteiger partial charge in [0.05, 0.1) is 11.8 Å². The molecule has 6 heteroatoms. The number of piperidine rings is 2. The predicted molar refractivity (Wildman–Crippen MR) is 92.9 cm³/mol. The third kappa shape index (κ3) is 3.75. The molecule has 3 saturated heterocycles. The van der Waals surface area contributed by atoms with Gasteiger partial charge in [0.25, 0.3) is 5.91 Å². The molecule has 0 bridgehead atoms. The zero-order valence-corrected chi connectivity index (χ0v) is 15.3. The summed E-state index contributed by atoms with van der Waals surface area (Å²) in [7, 11) is 0. The molecule has 25 heavy (non-hydrogen) atoms. The fourth-order valence-corrected chi connectivity index (χ4v) is 4.45. The highest BCUT2D eigenvalue weighted by Crippen LogP contribution is 2.35. The maximum atomic E-state index is 12.8. The summed E-state index contributed by atoms with van der Waals surface area (Å²) in [5.74, 6) is 2.33. The highest BCUT2D eigenvalue weighted by Gasteiger charge is 2.43. The van der Waals surface area contributed by atoms with Gasteiger partial charge in [0, 0.05) is 32.2 Å². The lowest BCUT2D eigenvalue weighted by molar-refractivity contribution is -0.145. The molecule has 138 valence electrons. The zero-order chi connectivity index (χ0) is 17.4. The molecule has 4 rings (SSSR count). The Hall–Kier alpha value is -1.40. The van der Waals surface area contributed by atoms with Crippen molar-refractivity contribution in [2.75, 3.05) is 26.2 Å². The molecule has 0 unspecified atom stereocenters. The van der Waals surface area contributed by atoms with Crippen molar-refractivity contribution in [1.29, 1.82) is 0 Å². The Morgan fingerprint density at radius 1 is 1.28 bits per heavy atom. The number of amides is 1. The van der Waals surface area contributed by atoms with Gasteiger partial charge in [-0.05, 0) is 51.0 Å². The van der Waals surface area contributed by atoms with E-state index in [1.54, 1.807) is 0 Å². The van der Waals surface area contributed by atoms with Crippen LogP contribution < -0.4 is 0 Å². The second-order valence-corrected chi connectivity index (χ2v) is 8.12. The maximum absolute atomic E-state index is 12.8. The summed E-state index contributed by atoms with van der Waals surface area (Å²) in [6, 6.07) is 1.99. The normalized spacial score (nSPS) is 31.3. The molecule has 0 aliphatic carbocycles. The molecule has 3 atom stereocenters. The molecule has 0 radical (unpaired) electrons. The van der Waals surface area contributed by atoms with Crippen LogP contribution in [0.5, 0.6) is 0 Å². The number of aryl methyl sites for hydroxylation is 1. The van der Waals surface area contributed by atoms with Gasteiger partial charge in [0.2, 0.25) is 0 Å². The smallest absolute Gasteiger partial charge is 0.251 e. The molecule has 4 heterocycles. The first kappa shape index (κ1) is 17.0. The molecule has 0 N–H and O–H groups in total. The lowest BCUT2D eigenvalue weighted by atomic mass is 9.91. The Bertz CT molecular complexity index is 609. The summed E-state index contributed by atoms with van der Waals surface area (Å²) in [5, 5.41) is 4.09. The first-order chi connectivity index (χ1) is 12.1. The number of nitrogens with zero attached hydrogens (tertiary/aromatic N) is 3. The maximum Gasteiger partial charge on any atom is 0.251 e. The first-order valence-corrected chi connectivity index (χ1v) is 9.67.